The number of benzene rings is 2. The van der Waals surface area contributed by atoms with Gasteiger partial charge in [-0.3, -0.25) is 4.79 Å². The van der Waals surface area contributed by atoms with Gasteiger partial charge in [0.25, 0.3) is 5.91 Å². The Kier molecular flexibility index (Phi) is 7.63. The first kappa shape index (κ1) is 23.5. The molecule has 1 aliphatic heterocycles. The van der Waals surface area contributed by atoms with Gasteiger partial charge in [-0.25, -0.2) is 18.0 Å². The lowest BCUT2D eigenvalue weighted by Crippen LogP contribution is -2.35. The number of carboxylic acid groups (broad SMARTS) is 1. The Morgan fingerprint density at radius 1 is 1.19 bits per heavy atom. The van der Waals surface area contributed by atoms with Crippen LogP contribution in [0.25, 0.3) is 0 Å². The first-order valence-corrected chi connectivity index (χ1v) is 10.1. The number of halogens is 4. The van der Waals surface area contributed by atoms with Crippen LogP contribution in [0.2, 0.25) is 5.02 Å². The summed E-state index contributed by atoms with van der Waals surface area (Å²) < 4.78 is 45.0. The van der Waals surface area contributed by atoms with E-state index in [1.165, 1.54) is 48.5 Å². The molecule has 3 rings (SSSR count). The number of rotatable bonds is 8. The average Bonchev–Trinajstić information content (AvgIpc) is 2.74. The molecule has 6 nitrogen and oxygen atoms in total. The number of carbonyl (C=O) groups excluding carboxylic acids is 1. The summed E-state index contributed by atoms with van der Waals surface area (Å²) in [6.07, 6.45) is -3.36. The summed E-state index contributed by atoms with van der Waals surface area (Å²) in [4.78, 5) is 26.1. The number of nitrogens with one attached hydrogen (secondary N) is 1. The van der Waals surface area contributed by atoms with Crippen molar-refractivity contribution in [3.63, 3.8) is 0 Å². The van der Waals surface area contributed by atoms with E-state index in [9.17, 15) is 27.9 Å². The van der Waals surface area contributed by atoms with Crippen LogP contribution in [-0.4, -0.2) is 42.6 Å². The number of anilines is 2. The van der Waals surface area contributed by atoms with E-state index in [1.807, 2.05) is 0 Å². The number of carboxylic acids is 1. The van der Waals surface area contributed by atoms with E-state index in [0.29, 0.717) is 23.7 Å². The van der Waals surface area contributed by atoms with Crippen molar-refractivity contribution in [2.75, 3.05) is 23.3 Å². The maximum Gasteiger partial charge on any atom is 0.337 e. The van der Waals surface area contributed by atoms with Crippen LogP contribution >= 0.6 is 11.6 Å². The number of hydrogen-bond acceptors (Lipinski definition) is 4. The van der Waals surface area contributed by atoms with Crippen molar-refractivity contribution in [1.82, 2.24) is 0 Å². The van der Waals surface area contributed by atoms with E-state index in [0.717, 1.165) is 0 Å². The fourth-order valence-electron chi connectivity index (χ4n) is 3.20. The minimum Gasteiger partial charge on any atom is -0.480 e. The second-order valence-electron chi connectivity index (χ2n) is 7.07. The van der Waals surface area contributed by atoms with Crippen molar-refractivity contribution >= 4 is 34.9 Å². The zero-order valence-electron chi connectivity index (χ0n) is 16.7. The van der Waals surface area contributed by atoms with Gasteiger partial charge in [-0.05, 0) is 55.0 Å². The molecule has 0 radical (unpaired) electrons. The Labute approximate surface area is 187 Å². The van der Waals surface area contributed by atoms with Crippen molar-refractivity contribution in [1.29, 1.82) is 0 Å². The van der Waals surface area contributed by atoms with Crippen molar-refractivity contribution < 1.29 is 32.6 Å². The molecule has 170 valence electrons. The van der Waals surface area contributed by atoms with Crippen LogP contribution in [-0.2, 0) is 4.79 Å². The molecule has 1 aliphatic rings. The van der Waals surface area contributed by atoms with Gasteiger partial charge in [-0.1, -0.05) is 11.6 Å². The summed E-state index contributed by atoms with van der Waals surface area (Å²) in [5.74, 6) is -2.43. The number of aromatic carboxylic acids is 1. The third-order valence-electron chi connectivity index (χ3n) is 4.74. The van der Waals surface area contributed by atoms with Crippen LogP contribution in [0.5, 0.6) is 5.75 Å². The Hall–Kier alpha value is -3.20. The number of carbonyl (C=O) groups is 2. The van der Waals surface area contributed by atoms with Crippen LogP contribution in [0.1, 0.15) is 23.2 Å². The predicted molar refractivity (Wildman–Crippen MR) is 115 cm³/mol. The first-order valence-electron chi connectivity index (χ1n) is 9.71. The summed E-state index contributed by atoms with van der Waals surface area (Å²) in [5, 5.41) is 12.3. The quantitative estimate of drug-likeness (QED) is 0.560. The van der Waals surface area contributed by atoms with Crippen molar-refractivity contribution in [3.8, 4) is 5.75 Å². The van der Waals surface area contributed by atoms with Gasteiger partial charge in [-0.2, -0.15) is 0 Å². The van der Waals surface area contributed by atoms with Gasteiger partial charge >= 0.3 is 5.97 Å². The molecule has 0 fully saturated rings. The van der Waals surface area contributed by atoms with E-state index in [2.05, 4.69) is 5.32 Å². The van der Waals surface area contributed by atoms with Gasteiger partial charge in [0.2, 0.25) is 6.43 Å². The molecular weight excluding hydrogens is 449 g/mol. The smallest absolute Gasteiger partial charge is 0.337 e. The van der Waals surface area contributed by atoms with Gasteiger partial charge in [0.1, 0.15) is 11.6 Å². The molecule has 1 amide bonds. The molecular formula is C22H20ClF3N2O4. The molecule has 0 saturated carbocycles. The fourth-order valence-corrected chi connectivity index (χ4v) is 3.33. The zero-order chi connectivity index (χ0) is 23.3. The van der Waals surface area contributed by atoms with Crippen molar-refractivity contribution in [2.45, 2.75) is 25.4 Å². The average molecular weight is 469 g/mol. The fraction of sp³-hybridized carbons (Fsp3) is 0.273. The molecule has 0 aliphatic carbocycles. The molecule has 2 aromatic rings. The molecule has 10 heteroatoms. The molecule has 32 heavy (non-hydrogen) atoms. The van der Waals surface area contributed by atoms with E-state index >= 15 is 0 Å². The Morgan fingerprint density at radius 3 is 2.53 bits per heavy atom. The van der Waals surface area contributed by atoms with E-state index in [-0.39, 0.29) is 29.4 Å². The standard InChI is InChI=1S/C22H20ClF3N2O4/c23-13-3-6-16(7-4-13)32-19(11-20(25)26)21(29)27-18-8-5-15(10-17(18)22(30)31)28-9-1-2-14(24)12-28/h2-8,10,19-20H,1,9,11-12H2,(H,27,29)(H,30,31)/t19-/m0/s1. The number of amides is 1. The molecule has 1 heterocycles. The van der Waals surface area contributed by atoms with Crippen LogP contribution in [0.4, 0.5) is 24.5 Å². The lowest BCUT2D eigenvalue weighted by molar-refractivity contribution is -0.124. The van der Waals surface area contributed by atoms with Crippen LogP contribution < -0.4 is 15.0 Å². The summed E-state index contributed by atoms with van der Waals surface area (Å²) in [5.41, 5.74) is 0.122. The highest BCUT2D eigenvalue weighted by molar-refractivity contribution is 6.30. The van der Waals surface area contributed by atoms with Crippen molar-refractivity contribution in [3.05, 3.63) is 65.0 Å². The van der Waals surface area contributed by atoms with E-state index < -0.39 is 30.8 Å². The minimum absolute atomic E-state index is 0.0101. The number of alkyl halides is 2. The topological polar surface area (TPSA) is 78.9 Å². The van der Waals surface area contributed by atoms with E-state index in [4.69, 9.17) is 16.3 Å². The molecule has 0 aromatic heterocycles. The highest BCUT2D eigenvalue weighted by atomic mass is 35.5. The molecule has 0 saturated heterocycles. The van der Waals surface area contributed by atoms with Gasteiger partial charge in [0.15, 0.2) is 6.10 Å². The van der Waals surface area contributed by atoms with Gasteiger partial charge in [0, 0.05) is 17.3 Å². The maximum absolute atomic E-state index is 13.6. The van der Waals surface area contributed by atoms with Crippen molar-refractivity contribution in [2.24, 2.45) is 0 Å². The molecule has 2 N–H and O–H groups in total. The summed E-state index contributed by atoms with van der Waals surface area (Å²) in [7, 11) is 0. The second-order valence-corrected chi connectivity index (χ2v) is 7.51. The van der Waals surface area contributed by atoms with Crippen LogP contribution in [0.3, 0.4) is 0 Å². The SMILES string of the molecule is O=C(O)c1cc(N2CCC=C(F)C2)ccc1NC(=O)[C@H](CC(F)F)Oc1ccc(Cl)cc1. The highest BCUT2D eigenvalue weighted by Gasteiger charge is 2.27. The molecule has 0 spiro atoms. The third-order valence-corrected chi connectivity index (χ3v) is 4.99. The van der Waals surface area contributed by atoms with Crippen LogP contribution in [0.15, 0.2) is 54.4 Å². The third kappa shape index (κ3) is 6.16. The summed E-state index contributed by atoms with van der Waals surface area (Å²) in [6, 6.07) is 9.99. The molecule has 2 aromatic carbocycles. The Balaban J connectivity index is 1.80. The number of hydrogen-bond donors (Lipinski definition) is 2. The Morgan fingerprint density at radius 2 is 1.91 bits per heavy atom. The maximum atomic E-state index is 13.6. The Bertz CT molecular complexity index is 1010. The van der Waals surface area contributed by atoms with E-state index in [1.54, 1.807) is 4.90 Å². The monoisotopic (exact) mass is 468 g/mol. The summed E-state index contributed by atoms with van der Waals surface area (Å²) >= 11 is 5.79. The second kappa shape index (κ2) is 10.4. The lowest BCUT2D eigenvalue weighted by Gasteiger charge is -2.27. The van der Waals surface area contributed by atoms with Gasteiger partial charge < -0.3 is 20.1 Å². The van der Waals surface area contributed by atoms with Crippen LogP contribution in [0, 0.1) is 0 Å². The first-order chi connectivity index (χ1) is 15.2. The largest absolute Gasteiger partial charge is 0.480 e. The summed E-state index contributed by atoms with van der Waals surface area (Å²) in [6.45, 7) is 0.514. The normalized spacial score (nSPS) is 14.7. The minimum atomic E-state index is -2.83. The highest BCUT2D eigenvalue weighted by Crippen LogP contribution is 2.27. The lowest BCUT2D eigenvalue weighted by atomic mass is 10.1. The number of ether oxygens (including phenoxy) is 1. The zero-order valence-corrected chi connectivity index (χ0v) is 17.5. The molecule has 0 bridgehead atoms. The molecule has 1 atom stereocenters. The number of nitrogens with zero attached hydrogens (tertiary/aromatic N) is 1. The molecule has 0 unspecified atom stereocenters. The predicted octanol–water partition coefficient (Wildman–Crippen LogP) is 5.14. The van der Waals surface area contributed by atoms with Gasteiger partial charge in [-0.15, -0.1) is 0 Å². The van der Waals surface area contributed by atoms with Gasteiger partial charge in [0.05, 0.1) is 24.2 Å².